The maximum absolute atomic E-state index is 4.60. The summed E-state index contributed by atoms with van der Waals surface area (Å²) in [4.78, 5) is 9.19. The summed E-state index contributed by atoms with van der Waals surface area (Å²) in [5.74, 6) is 0. The van der Waals surface area contributed by atoms with Crippen LogP contribution in [0.25, 0.3) is 0 Å². The highest BCUT2D eigenvalue weighted by molar-refractivity contribution is 4.14. The van der Waals surface area contributed by atoms with Crippen LogP contribution in [0.2, 0.25) is 0 Å². The highest BCUT2D eigenvalue weighted by Gasteiger charge is 1.99. The minimum atomic E-state index is 0.722. The van der Waals surface area contributed by atoms with E-state index >= 15 is 0 Å². The Kier molecular flexibility index (Phi) is 0.834. The molecule has 0 aromatic heterocycles. The van der Waals surface area contributed by atoms with Gasteiger partial charge in [0.2, 0.25) is 0 Å². The fourth-order valence-electron chi connectivity index (χ4n) is 0.241. The molecule has 1 saturated heterocycles. The summed E-state index contributed by atoms with van der Waals surface area (Å²) in [6.45, 7) is 1.44. The largest absolute Gasteiger partial charge is 0.169 e. The Morgan fingerprint density at radius 3 is 2.00 bits per heavy atom. The van der Waals surface area contributed by atoms with E-state index in [1.54, 1.807) is 0 Å². The molecule has 3 nitrogen and oxygen atoms in total. The van der Waals surface area contributed by atoms with Gasteiger partial charge in [0.05, 0.1) is 0 Å². The van der Waals surface area contributed by atoms with Gasteiger partial charge in [0.1, 0.15) is 13.2 Å². The van der Waals surface area contributed by atoms with Gasteiger partial charge in [-0.15, -0.1) is 0 Å². The topological polar surface area (TPSA) is 35.1 Å². The standard InChI is InChI=1S/C2H6NO2/c1-2-5-3-4-1/h1-3H2/q+1. The lowest BCUT2D eigenvalue weighted by atomic mass is 10.8. The van der Waals surface area contributed by atoms with E-state index in [0.717, 1.165) is 13.2 Å². The summed E-state index contributed by atoms with van der Waals surface area (Å²) in [7, 11) is 0. The van der Waals surface area contributed by atoms with E-state index in [-0.39, 0.29) is 0 Å². The zero-order valence-corrected chi connectivity index (χ0v) is 2.81. The van der Waals surface area contributed by atoms with Crippen molar-refractivity contribution in [1.82, 2.24) is 0 Å². The van der Waals surface area contributed by atoms with Crippen molar-refractivity contribution in [3.05, 3.63) is 0 Å². The van der Waals surface area contributed by atoms with Gasteiger partial charge in [-0.2, -0.15) is 9.68 Å². The van der Waals surface area contributed by atoms with Crippen LogP contribution in [0, 0.1) is 0 Å². The second-order valence-electron chi connectivity index (χ2n) is 0.838. The van der Waals surface area contributed by atoms with Crippen LogP contribution in [0.4, 0.5) is 0 Å². The van der Waals surface area contributed by atoms with Gasteiger partial charge in [-0.1, -0.05) is 5.64 Å². The lowest BCUT2D eigenvalue weighted by Crippen LogP contribution is -2.77. The van der Waals surface area contributed by atoms with E-state index in [4.69, 9.17) is 0 Å². The van der Waals surface area contributed by atoms with Gasteiger partial charge >= 0.3 is 0 Å². The Balaban J connectivity index is 2.08. The normalized spacial score (nSPS) is 24.0. The Bertz CT molecular complexity index is 19.2. The summed E-state index contributed by atoms with van der Waals surface area (Å²) < 4.78 is 0. The maximum atomic E-state index is 4.60. The molecule has 0 aliphatic carbocycles. The first-order valence-corrected chi connectivity index (χ1v) is 1.55. The quantitative estimate of drug-likeness (QED) is 0.378. The summed E-state index contributed by atoms with van der Waals surface area (Å²) in [5.41, 5.74) is 1.36. The molecule has 0 spiro atoms. The highest BCUT2D eigenvalue weighted by atomic mass is 16.9. The van der Waals surface area contributed by atoms with Gasteiger partial charge < -0.3 is 0 Å². The summed E-state index contributed by atoms with van der Waals surface area (Å²) in [5, 5.41) is 0. The minimum Gasteiger partial charge on any atom is -0.169 e. The first-order valence-electron chi connectivity index (χ1n) is 1.55. The van der Waals surface area contributed by atoms with E-state index in [2.05, 4.69) is 9.68 Å². The second kappa shape index (κ2) is 1.35. The molecule has 0 bridgehead atoms. The number of rotatable bonds is 0. The van der Waals surface area contributed by atoms with Crippen LogP contribution in [0.15, 0.2) is 0 Å². The molecule has 0 radical (unpaired) electrons. The predicted octanol–water partition coefficient (Wildman–Crippen LogP) is -1.57. The lowest BCUT2D eigenvalue weighted by molar-refractivity contribution is -1.04. The van der Waals surface area contributed by atoms with Crippen LogP contribution in [0.3, 0.4) is 0 Å². The van der Waals surface area contributed by atoms with Crippen molar-refractivity contribution >= 4 is 0 Å². The van der Waals surface area contributed by atoms with Crippen molar-refractivity contribution in [2.24, 2.45) is 0 Å². The molecule has 30 valence electrons. The molecule has 0 aromatic carbocycles. The van der Waals surface area contributed by atoms with Crippen molar-refractivity contribution < 1.29 is 15.3 Å². The molecule has 1 aliphatic heterocycles. The summed E-state index contributed by atoms with van der Waals surface area (Å²) in [6.07, 6.45) is 0. The van der Waals surface area contributed by atoms with E-state index in [1.165, 1.54) is 5.64 Å². The molecule has 1 aliphatic rings. The summed E-state index contributed by atoms with van der Waals surface area (Å²) >= 11 is 0. The van der Waals surface area contributed by atoms with Crippen LogP contribution in [0.1, 0.15) is 0 Å². The maximum Gasteiger partial charge on any atom is 0.140 e. The lowest BCUT2D eigenvalue weighted by Gasteiger charge is -1.72. The molecule has 0 aromatic rings. The average Bonchev–Trinajstić information content (AvgIpc) is 1.76. The minimum absolute atomic E-state index is 0.722. The zero-order chi connectivity index (χ0) is 3.54. The van der Waals surface area contributed by atoms with E-state index in [0.29, 0.717) is 0 Å². The van der Waals surface area contributed by atoms with Crippen molar-refractivity contribution in [3.63, 3.8) is 0 Å². The van der Waals surface area contributed by atoms with Gasteiger partial charge in [0.25, 0.3) is 0 Å². The highest BCUT2D eigenvalue weighted by Crippen LogP contribution is 1.66. The monoisotopic (exact) mass is 76.0 g/mol. The summed E-state index contributed by atoms with van der Waals surface area (Å²) in [6, 6.07) is 0. The number of nitrogens with two attached hydrogens (primary N) is 1. The third-order valence-electron chi connectivity index (χ3n) is 0.455. The Labute approximate surface area is 29.8 Å². The number of hydrogen-bond donors (Lipinski definition) is 1. The predicted molar refractivity (Wildman–Crippen MR) is 13.8 cm³/mol. The molecule has 0 amide bonds. The molecule has 5 heavy (non-hydrogen) atoms. The molecule has 0 unspecified atom stereocenters. The fourth-order valence-corrected chi connectivity index (χ4v) is 0.241. The van der Waals surface area contributed by atoms with Gasteiger partial charge in [-0.05, 0) is 0 Å². The van der Waals surface area contributed by atoms with Gasteiger partial charge in [-0.3, -0.25) is 0 Å². The van der Waals surface area contributed by atoms with Crippen LogP contribution < -0.4 is 5.64 Å². The molecule has 0 saturated carbocycles. The van der Waals surface area contributed by atoms with E-state index < -0.39 is 0 Å². The van der Waals surface area contributed by atoms with Crippen molar-refractivity contribution in [2.45, 2.75) is 0 Å². The third-order valence-corrected chi connectivity index (χ3v) is 0.455. The van der Waals surface area contributed by atoms with Crippen LogP contribution in [0.5, 0.6) is 0 Å². The SMILES string of the molecule is C1CO[NH2+]O1. The molecule has 3 heteroatoms. The molecular formula is C2H6NO2+. The van der Waals surface area contributed by atoms with Gasteiger partial charge in [-0.25, -0.2) is 0 Å². The van der Waals surface area contributed by atoms with Crippen molar-refractivity contribution in [3.8, 4) is 0 Å². The van der Waals surface area contributed by atoms with Crippen LogP contribution in [-0.4, -0.2) is 13.2 Å². The van der Waals surface area contributed by atoms with Crippen molar-refractivity contribution in [1.29, 1.82) is 0 Å². The zero-order valence-electron chi connectivity index (χ0n) is 2.81. The van der Waals surface area contributed by atoms with Crippen LogP contribution in [-0.2, 0) is 9.68 Å². The molecular weight excluding hydrogens is 70.0 g/mol. The average molecular weight is 76.1 g/mol. The Hall–Kier alpha value is -0.120. The second-order valence-corrected chi connectivity index (χ2v) is 0.838. The van der Waals surface area contributed by atoms with Gasteiger partial charge in [0, 0.05) is 0 Å². The molecule has 2 N–H and O–H groups in total. The first kappa shape index (κ1) is 3.08. The molecule has 1 rings (SSSR count). The molecule has 0 atom stereocenters. The van der Waals surface area contributed by atoms with Crippen molar-refractivity contribution in [2.75, 3.05) is 13.2 Å². The van der Waals surface area contributed by atoms with E-state index in [9.17, 15) is 0 Å². The smallest absolute Gasteiger partial charge is 0.140 e. The Morgan fingerprint density at radius 2 is 1.80 bits per heavy atom. The van der Waals surface area contributed by atoms with Gasteiger partial charge in [0.15, 0.2) is 0 Å². The van der Waals surface area contributed by atoms with Crippen LogP contribution >= 0.6 is 0 Å². The Morgan fingerprint density at radius 1 is 1.20 bits per heavy atom. The number of quaternary nitrogens is 1. The van der Waals surface area contributed by atoms with E-state index in [1.807, 2.05) is 0 Å². The molecule has 1 fully saturated rings. The molecule has 1 heterocycles. The first-order chi connectivity index (χ1) is 2.50. The third kappa shape index (κ3) is 0.576. The number of hydrogen-bond acceptors (Lipinski definition) is 2. The fraction of sp³-hybridized carbons (Fsp3) is 1.00.